The van der Waals surface area contributed by atoms with Crippen molar-refractivity contribution in [3.05, 3.63) is 65.9 Å². The van der Waals surface area contributed by atoms with Gasteiger partial charge in [-0.1, -0.05) is 48.0 Å². The second-order valence-electron chi connectivity index (χ2n) is 5.28. The third-order valence-electron chi connectivity index (χ3n) is 3.57. The first-order valence-corrected chi connectivity index (χ1v) is 7.36. The molecule has 0 spiro atoms. The Morgan fingerprint density at radius 2 is 1.74 bits per heavy atom. The minimum atomic E-state index is -0.342. The molecule has 0 amide bonds. The second-order valence-corrected chi connectivity index (χ2v) is 5.28. The van der Waals surface area contributed by atoms with Gasteiger partial charge in [-0.3, -0.25) is 4.79 Å². The smallest absolute Gasteiger partial charge is 0.311 e. The Balaban J connectivity index is 2.06. The number of nitrogens with zero attached hydrogens (tertiary/aromatic N) is 1. The summed E-state index contributed by atoms with van der Waals surface area (Å²) in [5, 5.41) is 0. The first-order valence-electron chi connectivity index (χ1n) is 7.36. The van der Waals surface area contributed by atoms with Gasteiger partial charge in [-0.15, -0.1) is 0 Å². The Labute approximate surface area is 134 Å². The molecule has 0 aliphatic carbocycles. The van der Waals surface area contributed by atoms with Crippen LogP contribution in [0.15, 0.2) is 59.0 Å². The van der Waals surface area contributed by atoms with E-state index in [2.05, 4.69) is 4.98 Å². The van der Waals surface area contributed by atoms with Crippen molar-refractivity contribution in [1.29, 1.82) is 0 Å². The van der Waals surface area contributed by atoms with Gasteiger partial charge in [0.05, 0.1) is 19.2 Å². The number of aryl methyl sites for hydroxylation is 1. The molecule has 3 rings (SSSR count). The van der Waals surface area contributed by atoms with Gasteiger partial charge in [0, 0.05) is 11.1 Å². The quantitative estimate of drug-likeness (QED) is 0.683. The fourth-order valence-corrected chi connectivity index (χ4v) is 2.32. The van der Waals surface area contributed by atoms with Crippen molar-refractivity contribution >= 4 is 5.97 Å². The molecular formula is C19H17NO3. The first kappa shape index (κ1) is 15.0. The van der Waals surface area contributed by atoms with Crippen molar-refractivity contribution in [3.8, 4) is 22.8 Å². The van der Waals surface area contributed by atoms with Gasteiger partial charge in [0.1, 0.15) is 0 Å². The summed E-state index contributed by atoms with van der Waals surface area (Å²) >= 11 is 0. The molecule has 116 valence electrons. The fraction of sp³-hybridized carbons (Fsp3) is 0.158. The largest absolute Gasteiger partial charge is 0.469 e. The number of hydrogen-bond donors (Lipinski definition) is 0. The number of ether oxygens (including phenoxy) is 1. The molecule has 0 saturated carbocycles. The molecular weight excluding hydrogens is 290 g/mol. The average Bonchev–Trinajstić information content (AvgIpc) is 3.00. The molecule has 3 aromatic rings. The Kier molecular flexibility index (Phi) is 4.24. The molecule has 1 heterocycles. The SMILES string of the molecule is COC(=O)Cc1nc(-c2ccc(C)cc2)oc1-c1ccccc1. The molecule has 0 unspecified atom stereocenters. The van der Waals surface area contributed by atoms with Crippen LogP contribution in [0.2, 0.25) is 0 Å². The highest BCUT2D eigenvalue weighted by Gasteiger charge is 2.19. The summed E-state index contributed by atoms with van der Waals surface area (Å²) in [6.07, 6.45) is 0.0795. The van der Waals surface area contributed by atoms with Crippen LogP contribution in [0.25, 0.3) is 22.8 Å². The van der Waals surface area contributed by atoms with Gasteiger partial charge < -0.3 is 9.15 Å². The molecule has 0 radical (unpaired) electrons. The number of rotatable bonds is 4. The number of hydrogen-bond acceptors (Lipinski definition) is 4. The van der Waals surface area contributed by atoms with Gasteiger partial charge in [-0.2, -0.15) is 0 Å². The van der Waals surface area contributed by atoms with Crippen LogP contribution in [0.3, 0.4) is 0 Å². The van der Waals surface area contributed by atoms with E-state index in [1.165, 1.54) is 12.7 Å². The van der Waals surface area contributed by atoms with Crippen LogP contribution in [-0.2, 0) is 16.0 Å². The van der Waals surface area contributed by atoms with Crippen molar-refractivity contribution in [2.24, 2.45) is 0 Å². The van der Waals surface area contributed by atoms with E-state index in [1.54, 1.807) is 0 Å². The summed E-state index contributed by atoms with van der Waals surface area (Å²) in [5.74, 6) is 0.764. The molecule has 4 heteroatoms. The molecule has 0 atom stereocenters. The molecule has 2 aromatic carbocycles. The van der Waals surface area contributed by atoms with E-state index >= 15 is 0 Å². The molecule has 1 aromatic heterocycles. The fourth-order valence-electron chi connectivity index (χ4n) is 2.32. The van der Waals surface area contributed by atoms with Crippen LogP contribution in [-0.4, -0.2) is 18.1 Å². The van der Waals surface area contributed by atoms with Gasteiger partial charge in [0.25, 0.3) is 0 Å². The molecule has 23 heavy (non-hydrogen) atoms. The van der Waals surface area contributed by atoms with Crippen molar-refractivity contribution in [2.45, 2.75) is 13.3 Å². The number of oxazole rings is 1. The lowest BCUT2D eigenvalue weighted by Gasteiger charge is -2.00. The lowest BCUT2D eigenvalue weighted by Crippen LogP contribution is -2.05. The van der Waals surface area contributed by atoms with E-state index in [1.807, 2.05) is 61.5 Å². The summed E-state index contributed by atoms with van der Waals surface area (Å²) in [6, 6.07) is 17.6. The minimum Gasteiger partial charge on any atom is -0.469 e. The standard InChI is InChI=1S/C19H17NO3/c1-13-8-10-15(11-9-13)19-20-16(12-17(21)22-2)18(23-19)14-6-4-3-5-7-14/h3-11H,12H2,1-2H3. The molecule has 4 nitrogen and oxygen atoms in total. The van der Waals surface area contributed by atoms with Crippen LogP contribution in [0.1, 0.15) is 11.3 Å². The monoisotopic (exact) mass is 307 g/mol. The number of esters is 1. The van der Waals surface area contributed by atoms with Gasteiger partial charge in [0.15, 0.2) is 5.76 Å². The van der Waals surface area contributed by atoms with E-state index in [-0.39, 0.29) is 12.4 Å². The van der Waals surface area contributed by atoms with Crippen LogP contribution >= 0.6 is 0 Å². The Morgan fingerprint density at radius 1 is 1.04 bits per heavy atom. The summed E-state index contributed by atoms with van der Waals surface area (Å²) in [7, 11) is 1.37. The molecule has 0 fully saturated rings. The van der Waals surface area contributed by atoms with Crippen molar-refractivity contribution in [3.63, 3.8) is 0 Å². The summed E-state index contributed by atoms with van der Waals surface area (Å²) in [4.78, 5) is 16.2. The Morgan fingerprint density at radius 3 is 2.39 bits per heavy atom. The van der Waals surface area contributed by atoms with Crippen LogP contribution < -0.4 is 0 Å². The molecule has 0 N–H and O–H groups in total. The highest BCUT2D eigenvalue weighted by atomic mass is 16.5. The van der Waals surface area contributed by atoms with Gasteiger partial charge in [-0.05, 0) is 19.1 Å². The Bertz CT molecular complexity index is 804. The van der Waals surface area contributed by atoms with Gasteiger partial charge >= 0.3 is 5.97 Å². The Hall–Kier alpha value is -2.88. The van der Waals surface area contributed by atoms with E-state index in [4.69, 9.17) is 9.15 Å². The lowest BCUT2D eigenvalue weighted by molar-refractivity contribution is -0.139. The molecule has 0 saturated heterocycles. The highest BCUT2D eigenvalue weighted by molar-refractivity contribution is 5.76. The third kappa shape index (κ3) is 3.31. The number of methoxy groups -OCH3 is 1. The third-order valence-corrected chi connectivity index (χ3v) is 3.57. The minimum absolute atomic E-state index is 0.0795. The lowest BCUT2D eigenvalue weighted by atomic mass is 10.1. The van der Waals surface area contributed by atoms with Crippen LogP contribution in [0.5, 0.6) is 0 Å². The number of benzene rings is 2. The van der Waals surface area contributed by atoms with Gasteiger partial charge in [0.2, 0.25) is 5.89 Å². The predicted octanol–water partition coefficient (Wildman–Crippen LogP) is 4.03. The van der Waals surface area contributed by atoms with E-state index in [0.717, 1.165) is 11.1 Å². The molecule has 0 aliphatic heterocycles. The van der Waals surface area contributed by atoms with E-state index < -0.39 is 0 Å². The van der Waals surface area contributed by atoms with E-state index in [0.29, 0.717) is 17.3 Å². The van der Waals surface area contributed by atoms with Crippen molar-refractivity contribution < 1.29 is 13.9 Å². The van der Waals surface area contributed by atoms with Crippen LogP contribution in [0.4, 0.5) is 0 Å². The first-order chi connectivity index (χ1) is 11.2. The zero-order chi connectivity index (χ0) is 16.2. The normalized spacial score (nSPS) is 10.5. The average molecular weight is 307 g/mol. The number of carbonyl (C=O) groups is 1. The zero-order valence-electron chi connectivity index (χ0n) is 13.1. The van der Waals surface area contributed by atoms with Crippen molar-refractivity contribution in [1.82, 2.24) is 4.98 Å². The predicted molar refractivity (Wildman–Crippen MR) is 87.8 cm³/mol. The van der Waals surface area contributed by atoms with E-state index in [9.17, 15) is 4.79 Å². The molecule has 0 bridgehead atoms. The maximum atomic E-state index is 11.7. The topological polar surface area (TPSA) is 52.3 Å². The maximum absolute atomic E-state index is 11.7. The number of aromatic nitrogens is 1. The summed E-state index contributed by atoms with van der Waals surface area (Å²) < 4.78 is 10.7. The second kappa shape index (κ2) is 6.48. The maximum Gasteiger partial charge on any atom is 0.311 e. The summed E-state index contributed by atoms with van der Waals surface area (Å²) in [6.45, 7) is 2.03. The molecule has 0 aliphatic rings. The van der Waals surface area contributed by atoms with Crippen molar-refractivity contribution in [2.75, 3.05) is 7.11 Å². The number of carbonyl (C=O) groups excluding carboxylic acids is 1. The van der Waals surface area contributed by atoms with Crippen LogP contribution in [0, 0.1) is 6.92 Å². The zero-order valence-corrected chi connectivity index (χ0v) is 13.1. The van der Waals surface area contributed by atoms with Gasteiger partial charge in [-0.25, -0.2) is 4.98 Å². The highest BCUT2D eigenvalue weighted by Crippen LogP contribution is 2.30. The summed E-state index contributed by atoms with van der Waals surface area (Å²) in [5.41, 5.74) is 3.51.